The van der Waals surface area contributed by atoms with Gasteiger partial charge in [-0.2, -0.15) is 8.42 Å². The van der Waals surface area contributed by atoms with Gasteiger partial charge in [0.25, 0.3) is 11.8 Å². The van der Waals surface area contributed by atoms with E-state index in [1.54, 1.807) is 18.2 Å². The zero-order chi connectivity index (χ0) is 28.1. The van der Waals surface area contributed by atoms with Gasteiger partial charge in [-0.05, 0) is 36.1 Å². The summed E-state index contributed by atoms with van der Waals surface area (Å²) < 4.78 is 43.0. The molecule has 10 heteroatoms. The maximum atomic E-state index is 14.3. The summed E-state index contributed by atoms with van der Waals surface area (Å²) in [6.45, 7) is 1.69. The zero-order valence-corrected chi connectivity index (χ0v) is 22.8. The van der Waals surface area contributed by atoms with E-state index in [-0.39, 0.29) is 24.5 Å². The molecule has 2 heterocycles. The summed E-state index contributed by atoms with van der Waals surface area (Å²) in [6.07, 6.45) is 2.12. The minimum atomic E-state index is -4.37. The van der Waals surface area contributed by atoms with Gasteiger partial charge < -0.3 is 9.80 Å². The molecule has 0 aliphatic carbocycles. The van der Waals surface area contributed by atoms with Gasteiger partial charge >= 0.3 is 10.2 Å². The number of rotatable bonds is 8. The summed E-state index contributed by atoms with van der Waals surface area (Å²) in [5, 5.41) is 0. The molecule has 3 aromatic carbocycles. The van der Waals surface area contributed by atoms with Crippen molar-refractivity contribution in [3.05, 3.63) is 114 Å². The smallest absolute Gasteiger partial charge is 0.331 e. The van der Waals surface area contributed by atoms with Crippen molar-refractivity contribution in [2.75, 3.05) is 44.2 Å². The van der Waals surface area contributed by atoms with Crippen molar-refractivity contribution in [3.63, 3.8) is 0 Å². The molecule has 208 valence electrons. The van der Waals surface area contributed by atoms with Gasteiger partial charge in [-0.1, -0.05) is 72.8 Å². The lowest BCUT2D eigenvalue weighted by molar-refractivity contribution is -0.132. The Kier molecular flexibility index (Phi) is 8.16. The fraction of sp³-hybridized carbons (Fsp3) is 0.267. The topological polar surface area (TPSA) is 81.2 Å². The van der Waals surface area contributed by atoms with E-state index in [0.29, 0.717) is 44.7 Å². The lowest BCUT2D eigenvalue weighted by Crippen LogP contribution is -2.57. The molecule has 2 aliphatic rings. The van der Waals surface area contributed by atoms with E-state index in [1.807, 2.05) is 70.5 Å². The molecule has 0 unspecified atom stereocenters. The molecule has 0 N–H and O–H groups in total. The second-order valence-electron chi connectivity index (χ2n) is 9.75. The summed E-state index contributed by atoms with van der Waals surface area (Å²) in [6, 6.07) is 25.1. The highest BCUT2D eigenvalue weighted by molar-refractivity contribution is 7.88. The van der Waals surface area contributed by atoms with Crippen molar-refractivity contribution >= 4 is 27.7 Å². The van der Waals surface area contributed by atoms with Crippen LogP contribution in [-0.2, 0) is 32.6 Å². The van der Waals surface area contributed by atoms with Crippen LogP contribution in [-0.4, -0.2) is 73.0 Å². The molecule has 3 aromatic rings. The third kappa shape index (κ3) is 5.86. The minimum absolute atomic E-state index is 0.0846. The molecule has 0 aromatic heterocycles. The average molecular weight is 563 g/mol. The second-order valence-corrected chi connectivity index (χ2v) is 11.5. The molecule has 8 nitrogen and oxygen atoms in total. The van der Waals surface area contributed by atoms with Gasteiger partial charge in [-0.3, -0.25) is 9.59 Å². The molecule has 5 rings (SSSR count). The summed E-state index contributed by atoms with van der Waals surface area (Å²) in [5.41, 5.74) is 2.08. The first-order valence-corrected chi connectivity index (χ1v) is 14.7. The van der Waals surface area contributed by atoms with Gasteiger partial charge in [0, 0.05) is 45.5 Å². The van der Waals surface area contributed by atoms with E-state index in [1.165, 1.54) is 12.3 Å². The van der Waals surface area contributed by atoms with Crippen LogP contribution < -0.4 is 4.90 Å². The van der Waals surface area contributed by atoms with Gasteiger partial charge in [0.15, 0.2) is 0 Å². The number of benzene rings is 3. The summed E-state index contributed by atoms with van der Waals surface area (Å²) in [5.74, 6) is -1.96. The first-order chi connectivity index (χ1) is 19.3. The number of piperazine rings is 1. The predicted molar refractivity (Wildman–Crippen MR) is 151 cm³/mol. The molecule has 40 heavy (non-hydrogen) atoms. The number of nitrogens with zero attached hydrogens (tertiary/aromatic N) is 4. The highest BCUT2D eigenvalue weighted by Gasteiger charge is 2.46. The molecule has 2 amide bonds. The van der Waals surface area contributed by atoms with Crippen molar-refractivity contribution in [2.24, 2.45) is 0 Å². The van der Waals surface area contributed by atoms with Gasteiger partial charge in [-0.25, -0.2) is 13.0 Å². The second kappa shape index (κ2) is 11.9. The van der Waals surface area contributed by atoms with Crippen molar-refractivity contribution in [1.82, 2.24) is 13.5 Å². The highest BCUT2D eigenvalue weighted by Crippen LogP contribution is 2.26. The first kappa shape index (κ1) is 27.4. The predicted octanol–water partition coefficient (Wildman–Crippen LogP) is 3.23. The maximum absolute atomic E-state index is 14.3. The standard InChI is InChI=1S/C30H31FN4O4S/c31-27-13-7-8-14-28(27)33-21-19-32(20-22-33)23-26-29(36)34(17-15-24-9-3-1-4-10-24)40(38,39)35(30(26)37)18-16-25-11-5-2-6-12-25/h1-14,23H,15-22H2. The molecular formula is C30H31FN4O4S. The third-order valence-electron chi connectivity index (χ3n) is 7.18. The Morgan fingerprint density at radius 2 is 1.15 bits per heavy atom. The first-order valence-electron chi connectivity index (χ1n) is 13.3. The Morgan fingerprint density at radius 1 is 0.675 bits per heavy atom. The molecule has 2 fully saturated rings. The summed E-state index contributed by atoms with van der Waals surface area (Å²) in [4.78, 5) is 30.8. The van der Waals surface area contributed by atoms with Crippen molar-refractivity contribution in [3.8, 4) is 0 Å². The van der Waals surface area contributed by atoms with Crippen molar-refractivity contribution in [1.29, 1.82) is 0 Å². The maximum Gasteiger partial charge on any atom is 0.331 e. The van der Waals surface area contributed by atoms with Gasteiger partial charge in [-0.15, -0.1) is 0 Å². The van der Waals surface area contributed by atoms with Crippen LogP contribution in [0.15, 0.2) is 96.7 Å². The zero-order valence-electron chi connectivity index (χ0n) is 22.0. The molecule has 2 saturated heterocycles. The number of halogens is 1. The molecule has 0 saturated carbocycles. The monoisotopic (exact) mass is 562 g/mol. The van der Waals surface area contributed by atoms with Crippen molar-refractivity contribution < 1.29 is 22.4 Å². The van der Waals surface area contributed by atoms with Crippen LogP contribution in [0.4, 0.5) is 10.1 Å². The molecule has 2 aliphatic heterocycles. The molecular weight excluding hydrogens is 531 g/mol. The lowest BCUT2D eigenvalue weighted by atomic mass is 10.1. The average Bonchev–Trinajstić information content (AvgIpc) is 2.97. The van der Waals surface area contributed by atoms with Crippen LogP contribution in [0.2, 0.25) is 0 Å². The molecule has 0 radical (unpaired) electrons. The largest absolute Gasteiger partial charge is 0.373 e. The van der Waals surface area contributed by atoms with E-state index in [2.05, 4.69) is 0 Å². The highest BCUT2D eigenvalue weighted by atomic mass is 32.2. The number of anilines is 1. The normalized spacial score (nSPS) is 17.4. The minimum Gasteiger partial charge on any atom is -0.373 e. The number of carbonyl (C=O) groups is 2. The molecule has 0 atom stereocenters. The lowest BCUT2D eigenvalue weighted by Gasteiger charge is -2.38. The van der Waals surface area contributed by atoms with Crippen LogP contribution >= 0.6 is 0 Å². The molecule has 0 spiro atoms. The van der Waals surface area contributed by atoms with E-state index in [0.717, 1.165) is 19.7 Å². The summed E-state index contributed by atoms with van der Waals surface area (Å²) >= 11 is 0. The van der Waals surface area contributed by atoms with Gasteiger partial charge in [0.2, 0.25) is 0 Å². The fourth-order valence-electron chi connectivity index (χ4n) is 4.97. The fourth-order valence-corrected chi connectivity index (χ4v) is 6.46. The molecule has 0 bridgehead atoms. The van der Waals surface area contributed by atoms with Gasteiger partial charge in [0.1, 0.15) is 11.4 Å². The Hall–Kier alpha value is -4.18. The SMILES string of the molecule is O=C1C(=CN2CCN(c3ccccc3F)CC2)C(=O)N(CCc2ccccc2)S(=O)(=O)N1CCc1ccccc1. The van der Waals surface area contributed by atoms with Gasteiger partial charge in [0.05, 0.1) is 5.69 Å². The quantitative estimate of drug-likeness (QED) is 0.310. The third-order valence-corrected chi connectivity index (χ3v) is 8.99. The van der Waals surface area contributed by atoms with E-state index >= 15 is 0 Å². The van der Waals surface area contributed by atoms with E-state index in [4.69, 9.17) is 0 Å². The Bertz CT molecular complexity index is 1420. The number of para-hydroxylation sites is 1. The van der Waals surface area contributed by atoms with Crippen LogP contribution in [0.3, 0.4) is 0 Å². The Morgan fingerprint density at radius 3 is 1.65 bits per heavy atom. The van der Waals surface area contributed by atoms with E-state index < -0.39 is 22.0 Å². The van der Waals surface area contributed by atoms with Crippen LogP contribution in [0, 0.1) is 5.82 Å². The number of carbonyl (C=O) groups excluding carboxylic acids is 2. The van der Waals surface area contributed by atoms with E-state index in [9.17, 15) is 22.4 Å². The van der Waals surface area contributed by atoms with Crippen molar-refractivity contribution in [2.45, 2.75) is 12.8 Å². The number of hydrogen-bond donors (Lipinski definition) is 0. The Labute approximate surface area is 234 Å². The summed E-state index contributed by atoms with van der Waals surface area (Å²) in [7, 11) is -4.37. The van der Waals surface area contributed by atoms with Crippen LogP contribution in [0.5, 0.6) is 0 Å². The van der Waals surface area contributed by atoms with Crippen LogP contribution in [0.25, 0.3) is 0 Å². The number of hydrogen-bond acceptors (Lipinski definition) is 6. The van der Waals surface area contributed by atoms with Crippen LogP contribution in [0.1, 0.15) is 11.1 Å². The number of amides is 2. The Balaban J connectivity index is 1.38.